The predicted molar refractivity (Wildman–Crippen MR) is 73.4 cm³/mol. The molecular formula is C14H18N2S. The monoisotopic (exact) mass is 246 g/mol. The normalized spacial score (nSPS) is 12.6. The number of aromatic nitrogens is 1. The molecule has 1 heterocycles. The molecule has 0 aliphatic heterocycles. The number of nitrogens with zero attached hydrogens (tertiary/aromatic N) is 1. The molecule has 0 spiro atoms. The molecule has 2 N–H and O–H groups in total. The van der Waals surface area contributed by atoms with Gasteiger partial charge in [-0.3, -0.25) is 4.98 Å². The molecule has 0 aliphatic carbocycles. The van der Waals surface area contributed by atoms with E-state index in [1.54, 1.807) is 11.3 Å². The van der Waals surface area contributed by atoms with E-state index in [0.717, 1.165) is 12.8 Å². The summed E-state index contributed by atoms with van der Waals surface area (Å²) in [5.41, 5.74) is 12.0. The number of thiazole rings is 1. The molecule has 0 radical (unpaired) electrons. The van der Waals surface area contributed by atoms with Crippen LogP contribution in [0.15, 0.2) is 29.9 Å². The zero-order chi connectivity index (χ0) is 12.3. The Morgan fingerprint density at radius 2 is 2.12 bits per heavy atom. The van der Waals surface area contributed by atoms with E-state index in [9.17, 15) is 0 Å². The Hall–Kier alpha value is -1.19. The van der Waals surface area contributed by atoms with Gasteiger partial charge in [0.2, 0.25) is 0 Å². The zero-order valence-electron chi connectivity index (χ0n) is 10.3. The molecule has 2 aromatic rings. The lowest BCUT2D eigenvalue weighted by atomic mass is 9.98. The molecule has 1 aromatic heterocycles. The van der Waals surface area contributed by atoms with Crippen molar-refractivity contribution >= 4 is 11.3 Å². The summed E-state index contributed by atoms with van der Waals surface area (Å²) in [5.74, 6) is 0. The summed E-state index contributed by atoms with van der Waals surface area (Å²) in [4.78, 5) is 5.34. The first-order valence-corrected chi connectivity index (χ1v) is 6.72. The average Bonchev–Trinajstić information content (AvgIpc) is 2.76. The fourth-order valence-corrected chi connectivity index (χ4v) is 2.67. The lowest BCUT2D eigenvalue weighted by Gasteiger charge is -2.13. The van der Waals surface area contributed by atoms with E-state index in [0.29, 0.717) is 0 Å². The Bertz CT molecular complexity index is 477. The Balaban J connectivity index is 2.02. The fourth-order valence-electron chi connectivity index (χ4n) is 1.98. The first-order valence-electron chi connectivity index (χ1n) is 5.84. The molecule has 2 rings (SSSR count). The third-order valence-corrected chi connectivity index (χ3v) is 3.74. The fraction of sp³-hybridized carbons (Fsp3) is 0.357. The van der Waals surface area contributed by atoms with Crippen LogP contribution in [0.1, 0.15) is 21.6 Å². The minimum atomic E-state index is 0.177. The van der Waals surface area contributed by atoms with Crippen molar-refractivity contribution in [3.8, 4) is 0 Å². The number of benzene rings is 1. The molecule has 90 valence electrons. The van der Waals surface area contributed by atoms with Gasteiger partial charge in [-0.1, -0.05) is 23.8 Å². The predicted octanol–water partition coefficient (Wildman–Crippen LogP) is 2.87. The highest BCUT2D eigenvalue weighted by Gasteiger charge is 2.08. The van der Waals surface area contributed by atoms with Crippen molar-refractivity contribution in [2.45, 2.75) is 32.7 Å². The molecular weight excluding hydrogens is 228 g/mol. The van der Waals surface area contributed by atoms with Crippen LogP contribution in [-0.4, -0.2) is 11.0 Å². The topological polar surface area (TPSA) is 38.9 Å². The molecule has 0 saturated carbocycles. The molecule has 2 nitrogen and oxygen atoms in total. The lowest BCUT2D eigenvalue weighted by molar-refractivity contribution is 0.667. The number of hydrogen-bond donors (Lipinski definition) is 1. The van der Waals surface area contributed by atoms with Gasteiger partial charge in [-0.25, -0.2) is 0 Å². The van der Waals surface area contributed by atoms with Gasteiger partial charge in [0, 0.05) is 17.1 Å². The van der Waals surface area contributed by atoms with Crippen molar-refractivity contribution in [3.63, 3.8) is 0 Å². The number of rotatable bonds is 4. The number of hydrogen-bond acceptors (Lipinski definition) is 3. The second kappa shape index (κ2) is 5.43. The summed E-state index contributed by atoms with van der Waals surface area (Å²) in [6.07, 6.45) is 3.76. The van der Waals surface area contributed by atoms with Gasteiger partial charge >= 0.3 is 0 Å². The van der Waals surface area contributed by atoms with E-state index in [-0.39, 0.29) is 6.04 Å². The largest absolute Gasteiger partial charge is 0.327 e. The van der Waals surface area contributed by atoms with Gasteiger partial charge in [-0.15, -0.1) is 11.3 Å². The molecule has 1 aromatic carbocycles. The van der Waals surface area contributed by atoms with Crippen LogP contribution in [-0.2, 0) is 12.8 Å². The zero-order valence-corrected chi connectivity index (χ0v) is 11.1. The molecule has 1 atom stereocenters. The Labute approximate surface area is 107 Å². The summed E-state index contributed by atoms with van der Waals surface area (Å²) >= 11 is 1.68. The molecule has 0 bridgehead atoms. The van der Waals surface area contributed by atoms with E-state index in [1.807, 2.05) is 11.7 Å². The second-order valence-electron chi connectivity index (χ2n) is 4.57. The maximum absolute atomic E-state index is 6.19. The van der Waals surface area contributed by atoms with Crippen molar-refractivity contribution in [1.29, 1.82) is 0 Å². The average molecular weight is 246 g/mol. The number of nitrogens with two attached hydrogens (primary N) is 1. The van der Waals surface area contributed by atoms with Gasteiger partial charge in [0.15, 0.2) is 0 Å². The van der Waals surface area contributed by atoms with E-state index in [4.69, 9.17) is 5.73 Å². The molecule has 3 heteroatoms. The van der Waals surface area contributed by atoms with Crippen LogP contribution in [0.3, 0.4) is 0 Å². The lowest BCUT2D eigenvalue weighted by Crippen LogP contribution is -2.25. The Kier molecular flexibility index (Phi) is 3.92. The first-order chi connectivity index (χ1) is 8.15. The van der Waals surface area contributed by atoms with Crippen LogP contribution in [0.25, 0.3) is 0 Å². The van der Waals surface area contributed by atoms with Gasteiger partial charge in [0.25, 0.3) is 0 Å². The highest BCUT2D eigenvalue weighted by atomic mass is 32.1. The van der Waals surface area contributed by atoms with Crippen LogP contribution >= 0.6 is 11.3 Å². The molecule has 17 heavy (non-hydrogen) atoms. The van der Waals surface area contributed by atoms with E-state index in [1.165, 1.54) is 21.6 Å². The molecule has 0 aliphatic rings. The highest BCUT2D eigenvalue weighted by molar-refractivity contribution is 7.09. The summed E-state index contributed by atoms with van der Waals surface area (Å²) in [5, 5.41) is 0. The molecule has 0 amide bonds. The Morgan fingerprint density at radius 1 is 1.29 bits per heavy atom. The Morgan fingerprint density at radius 3 is 2.82 bits per heavy atom. The number of aryl methyl sites for hydroxylation is 2. The minimum Gasteiger partial charge on any atom is -0.327 e. The van der Waals surface area contributed by atoms with Crippen molar-refractivity contribution in [2.24, 2.45) is 5.73 Å². The van der Waals surface area contributed by atoms with Gasteiger partial charge in [-0.05, 0) is 37.8 Å². The maximum Gasteiger partial charge on any atom is 0.0794 e. The first kappa shape index (κ1) is 12.3. The quantitative estimate of drug-likeness (QED) is 0.901. The van der Waals surface area contributed by atoms with Crippen molar-refractivity contribution < 1.29 is 0 Å². The van der Waals surface area contributed by atoms with Gasteiger partial charge in [0.1, 0.15) is 0 Å². The van der Waals surface area contributed by atoms with Crippen LogP contribution in [0.2, 0.25) is 0 Å². The van der Waals surface area contributed by atoms with Crippen LogP contribution in [0, 0.1) is 13.8 Å². The maximum atomic E-state index is 6.19. The van der Waals surface area contributed by atoms with Crippen molar-refractivity contribution in [3.05, 3.63) is 51.5 Å². The summed E-state index contributed by atoms with van der Waals surface area (Å²) < 4.78 is 0. The minimum absolute atomic E-state index is 0.177. The van der Waals surface area contributed by atoms with Gasteiger partial charge < -0.3 is 5.73 Å². The second-order valence-corrected chi connectivity index (χ2v) is 5.54. The van der Waals surface area contributed by atoms with Crippen molar-refractivity contribution in [1.82, 2.24) is 4.98 Å². The van der Waals surface area contributed by atoms with Crippen LogP contribution in [0.4, 0.5) is 0 Å². The van der Waals surface area contributed by atoms with Gasteiger partial charge in [0.05, 0.1) is 5.51 Å². The van der Waals surface area contributed by atoms with E-state index >= 15 is 0 Å². The van der Waals surface area contributed by atoms with Gasteiger partial charge in [-0.2, -0.15) is 0 Å². The van der Waals surface area contributed by atoms with Crippen LogP contribution < -0.4 is 5.73 Å². The highest BCUT2D eigenvalue weighted by Crippen LogP contribution is 2.15. The standard InChI is InChI=1S/C14H18N2S/c1-10-3-4-11(2)12(5-10)6-13(15)7-14-8-16-9-17-14/h3-5,8-9,13H,6-7,15H2,1-2H3. The molecule has 1 unspecified atom stereocenters. The summed E-state index contributed by atoms with van der Waals surface area (Å²) in [6.45, 7) is 4.27. The van der Waals surface area contributed by atoms with Crippen molar-refractivity contribution in [2.75, 3.05) is 0 Å². The molecule has 0 saturated heterocycles. The third kappa shape index (κ3) is 3.38. The SMILES string of the molecule is Cc1ccc(C)c(CC(N)Cc2cncs2)c1. The van der Waals surface area contributed by atoms with Crippen LogP contribution in [0.5, 0.6) is 0 Å². The van der Waals surface area contributed by atoms with E-state index < -0.39 is 0 Å². The molecule has 0 fully saturated rings. The third-order valence-electron chi connectivity index (χ3n) is 2.93. The summed E-state index contributed by atoms with van der Waals surface area (Å²) in [7, 11) is 0. The summed E-state index contributed by atoms with van der Waals surface area (Å²) in [6, 6.07) is 6.73. The van der Waals surface area contributed by atoms with E-state index in [2.05, 4.69) is 37.0 Å². The smallest absolute Gasteiger partial charge is 0.0794 e.